The summed E-state index contributed by atoms with van der Waals surface area (Å²) in [5, 5.41) is 3.27. The summed E-state index contributed by atoms with van der Waals surface area (Å²) in [6, 6.07) is 7.01. The summed E-state index contributed by atoms with van der Waals surface area (Å²) in [4.78, 5) is 86.0. The summed E-state index contributed by atoms with van der Waals surface area (Å²) < 4.78 is 34.5. The standard InChI is InChI=1S/C49H80N8O11/c1-45(2,3)64-40(58)53-39(56(43(61)67-48(10,11)12)30-21-19-17-16-18-20-27-51-38-52-29-32-55(38)42(60)66-47(7,8)9)57(44(62)68-49(13,14)15)33-34-63-36-25-23-35(24-26-36)37-50-28-22-31-54(37)41(59)65-46(4,5)6/h23-26H,16-22,27-34H2,1-15H3,(H,51,52). The van der Waals surface area contributed by atoms with Crippen LogP contribution in [0.5, 0.6) is 5.75 Å². The van der Waals surface area contributed by atoms with E-state index >= 15 is 0 Å². The number of amides is 5. The fourth-order valence-electron chi connectivity index (χ4n) is 6.51. The molecule has 0 saturated heterocycles. The highest BCUT2D eigenvalue weighted by molar-refractivity contribution is 6.07. The van der Waals surface area contributed by atoms with E-state index in [4.69, 9.17) is 28.4 Å². The molecule has 68 heavy (non-hydrogen) atoms. The van der Waals surface area contributed by atoms with E-state index in [1.807, 2.05) is 41.5 Å². The van der Waals surface area contributed by atoms with Crippen LogP contribution < -0.4 is 10.1 Å². The van der Waals surface area contributed by atoms with Crippen molar-refractivity contribution in [1.82, 2.24) is 24.9 Å². The highest BCUT2D eigenvalue weighted by Crippen LogP contribution is 2.22. The van der Waals surface area contributed by atoms with E-state index < -0.39 is 58.5 Å². The highest BCUT2D eigenvalue weighted by atomic mass is 16.6. The lowest BCUT2D eigenvalue weighted by Gasteiger charge is -2.34. The summed E-state index contributed by atoms with van der Waals surface area (Å²) in [6.07, 6.45) is 1.75. The molecule has 0 radical (unpaired) electrons. The molecule has 3 rings (SSSR count). The minimum atomic E-state index is -1.02. The van der Waals surface area contributed by atoms with Crippen molar-refractivity contribution >= 4 is 48.2 Å². The van der Waals surface area contributed by atoms with Gasteiger partial charge in [0.05, 0.1) is 19.6 Å². The Morgan fingerprint density at radius 1 is 0.588 bits per heavy atom. The van der Waals surface area contributed by atoms with Gasteiger partial charge in [-0.05, 0) is 147 Å². The lowest BCUT2D eigenvalue weighted by molar-refractivity contribution is 0.0257. The highest BCUT2D eigenvalue weighted by Gasteiger charge is 2.36. The van der Waals surface area contributed by atoms with Crippen molar-refractivity contribution < 1.29 is 52.4 Å². The second kappa shape index (κ2) is 24.6. The van der Waals surface area contributed by atoms with E-state index in [0.717, 1.165) is 30.6 Å². The van der Waals surface area contributed by atoms with E-state index in [2.05, 4.69) is 20.3 Å². The molecule has 19 heteroatoms. The molecule has 382 valence electrons. The van der Waals surface area contributed by atoms with Crippen molar-refractivity contribution in [3.8, 4) is 5.75 Å². The van der Waals surface area contributed by atoms with Gasteiger partial charge in [0.25, 0.3) is 0 Å². The molecule has 1 aromatic carbocycles. The maximum Gasteiger partial charge on any atom is 0.437 e. The van der Waals surface area contributed by atoms with Crippen LogP contribution in [0.1, 0.15) is 154 Å². The number of hydrogen-bond acceptors (Lipinski definition) is 14. The molecule has 0 spiro atoms. The maximum absolute atomic E-state index is 14.1. The number of carbonyl (C=O) groups excluding carboxylic acids is 5. The summed E-state index contributed by atoms with van der Waals surface area (Å²) in [5.41, 5.74) is -3.43. The smallest absolute Gasteiger partial charge is 0.437 e. The lowest BCUT2D eigenvalue weighted by atomic mass is 10.1. The third-order valence-electron chi connectivity index (χ3n) is 9.21. The van der Waals surface area contributed by atoms with Gasteiger partial charge in [-0.25, -0.2) is 38.7 Å². The first-order chi connectivity index (χ1) is 31.4. The van der Waals surface area contributed by atoms with Crippen LogP contribution in [0, 0.1) is 0 Å². The first kappa shape index (κ1) is 56.7. The van der Waals surface area contributed by atoms with Crippen molar-refractivity contribution in [2.45, 2.75) is 177 Å². The molecule has 19 nitrogen and oxygen atoms in total. The number of rotatable bonds is 14. The van der Waals surface area contributed by atoms with E-state index in [0.29, 0.717) is 75.1 Å². The zero-order valence-electron chi connectivity index (χ0n) is 43.5. The van der Waals surface area contributed by atoms with E-state index in [9.17, 15) is 24.0 Å². The van der Waals surface area contributed by atoms with Crippen LogP contribution in [-0.4, -0.2) is 148 Å². The molecule has 0 aromatic heterocycles. The monoisotopic (exact) mass is 957 g/mol. The second-order valence-electron chi connectivity index (χ2n) is 21.6. The van der Waals surface area contributed by atoms with Crippen LogP contribution in [0.2, 0.25) is 0 Å². The average molecular weight is 957 g/mol. The third-order valence-corrected chi connectivity index (χ3v) is 9.21. The molecular weight excluding hydrogens is 877 g/mol. The summed E-state index contributed by atoms with van der Waals surface area (Å²) >= 11 is 0. The van der Waals surface area contributed by atoms with Gasteiger partial charge in [-0.1, -0.05) is 25.7 Å². The molecule has 5 amide bonds. The third kappa shape index (κ3) is 21.1. The maximum atomic E-state index is 14.1. The van der Waals surface area contributed by atoms with Gasteiger partial charge in [-0.2, -0.15) is 0 Å². The lowest BCUT2D eigenvalue weighted by Crippen LogP contribution is -2.53. The zero-order valence-corrected chi connectivity index (χ0v) is 43.5. The number of amidine groups is 1. The second-order valence-corrected chi connectivity index (χ2v) is 21.6. The normalized spacial score (nSPS) is 14.9. The van der Waals surface area contributed by atoms with Gasteiger partial charge in [0.15, 0.2) is 0 Å². The number of carbonyl (C=O) groups is 5. The molecule has 2 aliphatic rings. The quantitative estimate of drug-likeness (QED) is 0.0802. The van der Waals surface area contributed by atoms with Crippen LogP contribution in [-0.2, 0) is 23.7 Å². The number of nitrogens with one attached hydrogen (secondary N) is 1. The van der Waals surface area contributed by atoms with Crippen LogP contribution in [0.15, 0.2) is 39.2 Å². The summed E-state index contributed by atoms with van der Waals surface area (Å²) in [6.45, 7) is 28.6. The molecule has 0 aliphatic carbocycles. The first-order valence-electron chi connectivity index (χ1n) is 23.8. The zero-order chi connectivity index (χ0) is 51.1. The Hall–Kier alpha value is -5.62. The Kier molecular flexibility index (Phi) is 20.5. The van der Waals surface area contributed by atoms with Gasteiger partial charge in [-0.3, -0.25) is 14.9 Å². The topological polar surface area (TPSA) is 203 Å². The number of nitrogens with zero attached hydrogens (tertiary/aromatic N) is 7. The van der Waals surface area contributed by atoms with Crippen molar-refractivity contribution in [2.24, 2.45) is 15.0 Å². The van der Waals surface area contributed by atoms with Crippen LogP contribution in [0.3, 0.4) is 0 Å². The van der Waals surface area contributed by atoms with E-state index in [-0.39, 0.29) is 25.7 Å². The molecule has 1 N–H and O–H groups in total. The summed E-state index contributed by atoms with van der Waals surface area (Å²) in [5.74, 6) is 1.13. The molecule has 0 bridgehead atoms. The van der Waals surface area contributed by atoms with Gasteiger partial charge in [0.2, 0.25) is 11.9 Å². The average Bonchev–Trinajstić information content (AvgIpc) is 3.65. The van der Waals surface area contributed by atoms with Crippen molar-refractivity contribution in [3.05, 3.63) is 29.8 Å². The van der Waals surface area contributed by atoms with Crippen LogP contribution in [0.4, 0.5) is 24.0 Å². The van der Waals surface area contributed by atoms with E-state index in [1.54, 1.807) is 86.6 Å². The Bertz CT molecular complexity index is 1950. The van der Waals surface area contributed by atoms with Gasteiger partial charge in [-0.15, -0.1) is 4.99 Å². The van der Waals surface area contributed by atoms with Gasteiger partial charge < -0.3 is 33.7 Å². The predicted octanol–water partition coefficient (Wildman–Crippen LogP) is 9.76. The van der Waals surface area contributed by atoms with Gasteiger partial charge >= 0.3 is 30.5 Å². The van der Waals surface area contributed by atoms with Crippen molar-refractivity contribution in [1.29, 1.82) is 0 Å². The fraction of sp³-hybridized carbons (Fsp3) is 0.714. The molecule has 2 aliphatic heterocycles. The Morgan fingerprint density at radius 2 is 1.09 bits per heavy atom. The number of guanidine groups is 2. The number of benzene rings is 1. The minimum Gasteiger partial charge on any atom is -0.492 e. The Labute approximate surface area is 404 Å². The van der Waals surface area contributed by atoms with Gasteiger partial charge in [0.1, 0.15) is 46.2 Å². The minimum absolute atomic E-state index is 0.0459. The van der Waals surface area contributed by atoms with E-state index in [1.165, 1.54) is 14.7 Å². The fourth-order valence-corrected chi connectivity index (χ4v) is 6.51. The largest absolute Gasteiger partial charge is 0.492 e. The Balaban J connectivity index is 1.79. The van der Waals surface area contributed by atoms with Crippen molar-refractivity contribution in [2.75, 3.05) is 52.4 Å². The number of aliphatic imine (C=N–C) groups is 3. The summed E-state index contributed by atoms with van der Waals surface area (Å²) in [7, 11) is 0. The van der Waals surface area contributed by atoms with Crippen molar-refractivity contribution in [3.63, 3.8) is 0 Å². The molecule has 2 heterocycles. The number of unbranched alkanes of at least 4 members (excludes halogenated alkanes) is 5. The molecule has 0 unspecified atom stereocenters. The predicted molar refractivity (Wildman–Crippen MR) is 261 cm³/mol. The van der Waals surface area contributed by atoms with Gasteiger partial charge in [0, 0.05) is 31.7 Å². The molecular formula is C49H80N8O11. The Morgan fingerprint density at radius 3 is 1.63 bits per heavy atom. The number of ether oxygens (including phenoxy) is 6. The van der Waals surface area contributed by atoms with Crippen LogP contribution >= 0.6 is 0 Å². The molecule has 1 aromatic rings. The van der Waals surface area contributed by atoms with Crippen LogP contribution in [0.25, 0.3) is 0 Å². The first-order valence-corrected chi connectivity index (χ1v) is 23.8. The molecule has 0 fully saturated rings. The SMILES string of the molecule is CC(C)(C)OC(=O)N=C(N(CCCCCCCCNC1=NCCN1C(=O)OC(C)(C)C)C(=O)OC(C)(C)C)N(CCOc1ccc(C2=NCCCN2C(=O)OC(C)(C)C)cc1)C(=O)OC(C)(C)C. The molecule has 0 atom stereocenters. The number of hydrogen-bond donors (Lipinski definition) is 1. The molecule has 0 saturated carbocycles.